The zero-order chi connectivity index (χ0) is 13.4. The SMILES string of the molecule is Cc1c(S(N)(=O)=O)ncc([N+](=O)[O-])c1C(F)F. The highest BCUT2D eigenvalue weighted by Gasteiger charge is 2.29. The van der Waals surface area contributed by atoms with Crippen molar-refractivity contribution in [1.29, 1.82) is 0 Å². The Morgan fingerprint density at radius 2 is 2.06 bits per heavy atom. The van der Waals surface area contributed by atoms with Gasteiger partial charge in [0.25, 0.3) is 22.1 Å². The molecule has 1 rings (SSSR count). The maximum atomic E-state index is 12.6. The van der Waals surface area contributed by atoms with E-state index in [9.17, 15) is 27.3 Å². The van der Waals surface area contributed by atoms with E-state index in [1.54, 1.807) is 0 Å². The Balaban J connectivity index is 3.67. The molecule has 0 atom stereocenters. The molecule has 0 fully saturated rings. The standard InChI is InChI=1S/C7H7F2N3O4S/c1-3-5(6(8)9)4(12(13)14)2-11-7(3)17(10,15)16/h2,6H,1H3,(H2,10,15,16). The molecule has 0 aliphatic carbocycles. The lowest BCUT2D eigenvalue weighted by Crippen LogP contribution is -2.17. The highest BCUT2D eigenvalue weighted by atomic mass is 32.2. The summed E-state index contributed by atoms with van der Waals surface area (Å²) in [5.41, 5.74) is -2.45. The minimum atomic E-state index is -4.30. The molecule has 94 valence electrons. The van der Waals surface area contributed by atoms with Crippen LogP contribution >= 0.6 is 0 Å². The normalized spacial score (nSPS) is 11.8. The first-order chi connectivity index (χ1) is 7.66. The van der Waals surface area contributed by atoms with Gasteiger partial charge in [-0.15, -0.1) is 0 Å². The first kappa shape index (κ1) is 13.4. The van der Waals surface area contributed by atoms with Crippen molar-refractivity contribution in [1.82, 2.24) is 4.98 Å². The van der Waals surface area contributed by atoms with E-state index in [1.807, 2.05) is 0 Å². The topological polar surface area (TPSA) is 116 Å². The number of aromatic nitrogens is 1. The van der Waals surface area contributed by atoms with Gasteiger partial charge in [0.2, 0.25) is 0 Å². The number of nitro groups is 1. The molecule has 2 N–H and O–H groups in total. The van der Waals surface area contributed by atoms with Crippen LogP contribution in [0.2, 0.25) is 0 Å². The molecule has 10 heteroatoms. The van der Waals surface area contributed by atoms with Crippen molar-refractivity contribution in [2.75, 3.05) is 0 Å². The second-order valence-corrected chi connectivity index (χ2v) is 4.57. The number of halogens is 2. The Kier molecular flexibility index (Phi) is 3.38. The highest BCUT2D eigenvalue weighted by Crippen LogP contribution is 2.33. The summed E-state index contributed by atoms with van der Waals surface area (Å²) in [5, 5.41) is 14.4. The van der Waals surface area contributed by atoms with E-state index in [4.69, 9.17) is 5.14 Å². The number of nitrogens with zero attached hydrogens (tertiary/aromatic N) is 2. The summed E-state index contributed by atoms with van der Waals surface area (Å²) in [6, 6.07) is 0. The summed E-state index contributed by atoms with van der Waals surface area (Å²) in [6.45, 7) is 0.987. The lowest BCUT2D eigenvalue weighted by atomic mass is 10.1. The second kappa shape index (κ2) is 4.30. The molecule has 7 nitrogen and oxygen atoms in total. The molecule has 0 bridgehead atoms. The Labute approximate surface area is 94.5 Å². The third-order valence-corrected chi connectivity index (χ3v) is 2.94. The Morgan fingerprint density at radius 1 is 1.53 bits per heavy atom. The quantitative estimate of drug-likeness (QED) is 0.644. The predicted octanol–water partition coefficient (Wildman–Crippen LogP) is 0.883. The lowest BCUT2D eigenvalue weighted by molar-refractivity contribution is -0.386. The maximum Gasteiger partial charge on any atom is 0.296 e. The van der Waals surface area contributed by atoms with Crippen LogP contribution in [0.25, 0.3) is 0 Å². The van der Waals surface area contributed by atoms with Gasteiger partial charge in [-0.1, -0.05) is 0 Å². The number of sulfonamides is 1. The van der Waals surface area contributed by atoms with Crippen LogP contribution in [0.4, 0.5) is 14.5 Å². The monoisotopic (exact) mass is 267 g/mol. The van der Waals surface area contributed by atoms with Crippen LogP contribution in [0.15, 0.2) is 11.2 Å². The maximum absolute atomic E-state index is 12.6. The minimum Gasteiger partial charge on any atom is -0.258 e. The first-order valence-corrected chi connectivity index (χ1v) is 5.65. The van der Waals surface area contributed by atoms with E-state index < -0.39 is 43.2 Å². The number of hydrogen-bond donors (Lipinski definition) is 1. The fraction of sp³-hybridized carbons (Fsp3) is 0.286. The van der Waals surface area contributed by atoms with Gasteiger partial charge < -0.3 is 0 Å². The Morgan fingerprint density at radius 3 is 2.41 bits per heavy atom. The number of rotatable bonds is 3. The molecule has 1 aromatic heterocycles. The van der Waals surface area contributed by atoms with Crippen LogP contribution in [0, 0.1) is 17.0 Å². The summed E-state index contributed by atoms with van der Waals surface area (Å²) in [4.78, 5) is 12.7. The summed E-state index contributed by atoms with van der Waals surface area (Å²) >= 11 is 0. The number of alkyl halides is 2. The van der Waals surface area contributed by atoms with Crippen molar-refractivity contribution >= 4 is 15.7 Å². The number of primary sulfonamides is 1. The van der Waals surface area contributed by atoms with Gasteiger partial charge in [0.15, 0.2) is 5.03 Å². The van der Waals surface area contributed by atoms with Crippen LogP contribution in [-0.2, 0) is 10.0 Å². The molecule has 0 unspecified atom stereocenters. The molecule has 0 aliphatic heterocycles. The van der Waals surface area contributed by atoms with Crippen molar-refractivity contribution in [3.8, 4) is 0 Å². The van der Waals surface area contributed by atoms with E-state index in [0.717, 1.165) is 6.92 Å². The average molecular weight is 267 g/mol. The Hall–Kier alpha value is -1.68. The molecule has 0 aromatic carbocycles. The van der Waals surface area contributed by atoms with Crippen LogP contribution in [0.5, 0.6) is 0 Å². The number of pyridine rings is 1. The van der Waals surface area contributed by atoms with Crippen LogP contribution < -0.4 is 5.14 Å². The second-order valence-electron chi connectivity index (χ2n) is 3.09. The number of hydrogen-bond acceptors (Lipinski definition) is 5. The molecule has 1 aromatic rings. The molecule has 0 amide bonds. The van der Waals surface area contributed by atoms with Crippen LogP contribution in [0.3, 0.4) is 0 Å². The Bertz CT molecular complexity index is 573. The molecule has 1 heterocycles. The van der Waals surface area contributed by atoms with Gasteiger partial charge in [0, 0.05) is 5.56 Å². The fourth-order valence-electron chi connectivity index (χ4n) is 1.30. The van der Waals surface area contributed by atoms with Crippen molar-refractivity contribution in [3.63, 3.8) is 0 Å². The molecular weight excluding hydrogens is 260 g/mol. The first-order valence-electron chi connectivity index (χ1n) is 4.11. The molecule has 0 radical (unpaired) electrons. The average Bonchev–Trinajstić information content (AvgIpc) is 2.13. The van der Waals surface area contributed by atoms with E-state index in [-0.39, 0.29) is 0 Å². The summed E-state index contributed by atoms with van der Waals surface area (Å²) < 4.78 is 47.3. The van der Waals surface area contributed by atoms with Gasteiger partial charge in [-0.25, -0.2) is 27.3 Å². The summed E-state index contributed by atoms with van der Waals surface area (Å²) in [6.07, 6.45) is -2.74. The fourth-order valence-corrected chi connectivity index (χ4v) is 2.04. The van der Waals surface area contributed by atoms with Crippen molar-refractivity contribution in [2.24, 2.45) is 5.14 Å². The van der Waals surface area contributed by atoms with Gasteiger partial charge in [0.05, 0.1) is 4.92 Å². The smallest absolute Gasteiger partial charge is 0.258 e. The molecule has 0 aliphatic rings. The zero-order valence-corrected chi connectivity index (χ0v) is 9.24. The van der Waals surface area contributed by atoms with E-state index in [2.05, 4.69) is 4.98 Å². The van der Waals surface area contributed by atoms with Gasteiger partial charge >= 0.3 is 0 Å². The third-order valence-electron chi connectivity index (χ3n) is 1.99. The minimum absolute atomic E-state index is 0.453. The molecule has 0 saturated carbocycles. The van der Waals surface area contributed by atoms with Gasteiger partial charge in [0.1, 0.15) is 11.8 Å². The van der Waals surface area contributed by atoms with Crippen molar-refractivity contribution in [2.45, 2.75) is 18.4 Å². The van der Waals surface area contributed by atoms with Gasteiger partial charge in [-0.05, 0) is 6.92 Å². The van der Waals surface area contributed by atoms with Gasteiger partial charge in [-0.2, -0.15) is 0 Å². The largest absolute Gasteiger partial charge is 0.296 e. The lowest BCUT2D eigenvalue weighted by Gasteiger charge is -2.08. The summed E-state index contributed by atoms with van der Waals surface area (Å²) in [5.74, 6) is 0. The molecular formula is C7H7F2N3O4S. The van der Waals surface area contributed by atoms with Crippen molar-refractivity contribution in [3.05, 3.63) is 27.4 Å². The molecule has 0 saturated heterocycles. The number of nitrogens with two attached hydrogens (primary N) is 1. The molecule has 17 heavy (non-hydrogen) atoms. The van der Waals surface area contributed by atoms with E-state index in [1.165, 1.54) is 0 Å². The van der Waals surface area contributed by atoms with E-state index >= 15 is 0 Å². The zero-order valence-electron chi connectivity index (χ0n) is 8.42. The third kappa shape index (κ3) is 2.53. The van der Waals surface area contributed by atoms with E-state index in [0.29, 0.717) is 6.20 Å². The predicted molar refractivity (Wildman–Crippen MR) is 52.0 cm³/mol. The molecule has 0 spiro atoms. The van der Waals surface area contributed by atoms with Crippen molar-refractivity contribution < 1.29 is 22.1 Å². The highest BCUT2D eigenvalue weighted by molar-refractivity contribution is 7.89. The summed E-state index contributed by atoms with van der Waals surface area (Å²) in [7, 11) is -4.30. The van der Waals surface area contributed by atoms with Gasteiger partial charge in [-0.3, -0.25) is 10.1 Å². The van der Waals surface area contributed by atoms with Crippen LogP contribution in [-0.4, -0.2) is 18.3 Å². The van der Waals surface area contributed by atoms with Crippen LogP contribution in [0.1, 0.15) is 17.6 Å².